The molecule has 2 aromatic rings. The van der Waals surface area contributed by atoms with Gasteiger partial charge in [-0.25, -0.2) is 31.6 Å². The van der Waals surface area contributed by atoms with Crippen molar-refractivity contribution in [3.05, 3.63) is 53.0 Å². The Hall–Kier alpha value is -3.36. The molecule has 0 saturated carbocycles. The molecule has 1 aliphatic rings. The minimum absolute atomic E-state index is 0.0983. The Morgan fingerprint density at radius 1 is 1.34 bits per heavy atom. The Balaban J connectivity index is 1.92. The van der Waals surface area contributed by atoms with Crippen molar-refractivity contribution in [3.63, 3.8) is 0 Å². The van der Waals surface area contributed by atoms with Crippen LogP contribution in [0.5, 0.6) is 0 Å². The normalized spacial score (nSPS) is 22.5. The maximum absolute atomic E-state index is 14.8. The lowest BCUT2D eigenvalue weighted by Gasteiger charge is -2.38. The number of hydrogen-bond donors (Lipinski definition) is 2. The maximum Gasteiger partial charge on any atom is 0.407 e. The molecule has 15 heteroatoms. The first-order valence-corrected chi connectivity index (χ1v) is 11.7. The van der Waals surface area contributed by atoms with Crippen molar-refractivity contribution in [2.75, 3.05) is 24.7 Å². The third kappa shape index (κ3) is 5.83. The van der Waals surface area contributed by atoms with E-state index >= 15 is 0 Å². The zero-order valence-electron chi connectivity index (χ0n) is 18.9. The molecule has 0 saturated heterocycles. The van der Waals surface area contributed by atoms with Gasteiger partial charge >= 0.3 is 6.18 Å². The molecule has 1 aliphatic heterocycles. The molecule has 35 heavy (non-hydrogen) atoms. The van der Waals surface area contributed by atoms with E-state index < -0.39 is 63.1 Å². The van der Waals surface area contributed by atoms with E-state index in [0.29, 0.717) is 15.6 Å². The third-order valence-electron chi connectivity index (χ3n) is 5.14. The highest BCUT2D eigenvalue weighted by Crippen LogP contribution is 2.35. The van der Waals surface area contributed by atoms with Gasteiger partial charge in [-0.05, 0) is 37.6 Å². The van der Waals surface area contributed by atoms with Gasteiger partial charge < -0.3 is 11.1 Å². The molecule has 1 unspecified atom stereocenters. The van der Waals surface area contributed by atoms with E-state index in [-0.39, 0.29) is 12.2 Å². The number of hydrogen-bond acceptors (Lipinski definition) is 7. The Morgan fingerprint density at radius 3 is 2.63 bits per heavy atom. The number of guanidine groups is 1. The third-order valence-corrected chi connectivity index (χ3v) is 7.66. The number of pyridine rings is 2. The highest BCUT2D eigenvalue weighted by molar-refractivity contribution is 7.92. The van der Waals surface area contributed by atoms with Gasteiger partial charge in [-0.15, -0.1) is 0 Å². The molecule has 0 bridgehead atoms. The van der Waals surface area contributed by atoms with Crippen LogP contribution in [0.25, 0.3) is 0 Å². The predicted molar refractivity (Wildman–Crippen MR) is 119 cm³/mol. The number of aryl methyl sites for hydroxylation is 1. The Bertz CT molecular complexity index is 1310. The van der Waals surface area contributed by atoms with E-state index in [2.05, 4.69) is 24.6 Å². The second-order valence-electron chi connectivity index (χ2n) is 8.00. The lowest BCUT2D eigenvalue weighted by molar-refractivity contribution is -0.130. The van der Waals surface area contributed by atoms with E-state index in [1.165, 1.54) is 19.1 Å². The summed E-state index contributed by atoms with van der Waals surface area (Å²) in [6.07, 6.45) is -4.00. The summed E-state index contributed by atoms with van der Waals surface area (Å²) in [6.45, 7) is 1.23. The smallest absolute Gasteiger partial charge is 0.369 e. The van der Waals surface area contributed by atoms with E-state index in [0.717, 1.165) is 19.3 Å². The fourth-order valence-electron chi connectivity index (χ4n) is 3.54. The van der Waals surface area contributed by atoms with Crippen molar-refractivity contribution in [2.24, 2.45) is 15.1 Å². The molecule has 3 N–H and O–H groups in total. The van der Waals surface area contributed by atoms with Crippen LogP contribution in [0.4, 0.5) is 27.8 Å². The molecular formula is C20H22F5N7O2S. The Kier molecular flexibility index (Phi) is 7.02. The maximum atomic E-state index is 14.8. The summed E-state index contributed by atoms with van der Waals surface area (Å²) in [7, 11) is -2.69. The van der Waals surface area contributed by atoms with Crippen LogP contribution >= 0.6 is 0 Å². The molecule has 0 spiro atoms. The zero-order valence-corrected chi connectivity index (χ0v) is 19.7. The summed E-state index contributed by atoms with van der Waals surface area (Å²) in [5.74, 6) is -3.51. The van der Waals surface area contributed by atoms with Gasteiger partial charge in [-0.3, -0.25) is 9.78 Å². The van der Waals surface area contributed by atoms with E-state index in [1.54, 1.807) is 6.92 Å². The van der Waals surface area contributed by atoms with Gasteiger partial charge in [0.15, 0.2) is 0 Å². The Morgan fingerprint density at radius 2 is 2.03 bits per heavy atom. The number of nitrogens with one attached hydrogen (secondary N) is 1. The largest absolute Gasteiger partial charge is 0.407 e. The van der Waals surface area contributed by atoms with Gasteiger partial charge in [0.05, 0.1) is 24.1 Å². The van der Waals surface area contributed by atoms with Gasteiger partial charge in [0.1, 0.15) is 45.1 Å². The van der Waals surface area contributed by atoms with Crippen molar-refractivity contribution in [1.29, 1.82) is 0 Å². The van der Waals surface area contributed by atoms with Gasteiger partial charge in [0.25, 0.3) is 0 Å². The summed E-state index contributed by atoms with van der Waals surface area (Å²) >= 11 is 0. The second-order valence-corrected chi connectivity index (χ2v) is 10.3. The summed E-state index contributed by atoms with van der Waals surface area (Å²) in [5.41, 5.74) is 4.34. The molecule has 1 amide bonds. The number of halogens is 5. The van der Waals surface area contributed by atoms with Crippen LogP contribution in [0, 0.1) is 18.6 Å². The topological polar surface area (TPSA) is 126 Å². The van der Waals surface area contributed by atoms with Crippen molar-refractivity contribution < 1.29 is 31.0 Å². The fourth-order valence-corrected chi connectivity index (χ4v) is 5.64. The second kappa shape index (κ2) is 9.36. The predicted octanol–water partition coefficient (Wildman–Crippen LogP) is 2.67. The molecular weight excluding hydrogens is 497 g/mol. The minimum Gasteiger partial charge on any atom is -0.369 e. The fraction of sp³-hybridized carbons (Fsp3) is 0.400. The first-order valence-electron chi connectivity index (χ1n) is 10.1. The summed E-state index contributed by atoms with van der Waals surface area (Å²) in [4.78, 5) is 24.4. The number of carbonyl (C=O) groups excluding carboxylic acids is 1. The molecule has 3 heterocycles. The van der Waals surface area contributed by atoms with Gasteiger partial charge in [-0.1, -0.05) is 0 Å². The first kappa shape index (κ1) is 26.2. The number of nitrogens with two attached hydrogens (primary N) is 1. The quantitative estimate of drug-likeness (QED) is 0.588. The van der Waals surface area contributed by atoms with E-state index in [4.69, 9.17) is 5.73 Å². The molecule has 9 nitrogen and oxygen atoms in total. The lowest BCUT2D eigenvalue weighted by atomic mass is 10.00. The zero-order chi connectivity index (χ0) is 26.2. The molecule has 0 fully saturated rings. The van der Waals surface area contributed by atoms with Crippen LogP contribution in [-0.4, -0.2) is 55.9 Å². The average Bonchev–Trinajstić information content (AvgIpc) is 2.73. The van der Waals surface area contributed by atoms with E-state index in [1.807, 2.05) is 0 Å². The van der Waals surface area contributed by atoms with Crippen LogP contribution in [0.3, 0.4) is 0 Å². The first-order chi connectivity index (χ1) is 16.2. The van der Waals surface area contributed by atoms with Crippen LogP contribution < -0.4 is 11.1 Å². The van der Waals surface area contributed by atoms with Crippen LogP contribution in [0.1, 0.15) is 23.9 Å². The van der Waals surface area contributed by atoms with Crippen molar-refractivity contribution in [2.45, 2.75) is 32.0 Å². The summed E-state index contributed by atoms with van der Waals surface area (Å²) in [5, 5.41) is 2.46. The molecule has 0 aliphatic carbocycles. The van der Waals surface area contributed by atoms with Crippen molar-refractivity contribution in [3.8, 4) is 0 Å². The van der Waals surface area contributed by atoms with Crippen molar-refractivity contribution in [1.82, 2.24) is 14.3 Å². The molecule has 2 atom stereocenters. The number of aromatic nitrogens is 2. The minimum atomic E-state index is -4.74. The van der Waals surface area contributed by atoms with Gasteiger partial charge in [0.2, 0.25) is 11.9 Å². The number of anilines is 1. The lowest BCUT2D eigenvalue weighted by Crippen LogP contribution is -2.55. The highest BCUT2D eigenvalue weighted by atomic mass is 32.2. The summed E-state index contributed by atoms with van der Waals surface area (Å²) < 4.78 is 84.2. The molecule has 0 radical (unpaired) electrons. The number of nitrogens with zero attached hydrogens (tertiary/aromatic N) is 5. The van der Waals surface area contributed by atoms with Gasteiger partial charge in [-0.2, -0.15) is 13.2 Å². The van der Waals surface area contributed by atoms with Crippen LogP contribution in [0.2, 0.25) is 0 Å². The SMILES string of the molecule is CN=S1(=O)C[C@@](C)(c2nc(NC(=O)Cc3ncc(F)cc3C)ccc2F)N=C(N)N1CC(F)(F)F. The molecule has 3 rings (SSSR count). The number of rotatable bonds is 5. The number of aliphatic imine (C=N–C) groups is 1. The summed E-state index contributed by atoms with van der Waals surface area (Å²) in [6, 6.07) is 3.36. The number of carbonyl (C=O) groups is 1. The monoisotopic (exact) mass is 519 g/mol. The molecule has 190 valence electrons. The number of alkyl halides is 3. The molecule has 0 aromatic carbocycles. The average molecular weight is 520 g/mol. The van der Waals surface area contributed by atoms with Crippen LogP contribution in [-0.2, 0) is 26.7 Å². The number of amides is 1. The van der Waals surface area contributed by atoms with E-state index in [9.17, 15) is 31.0 Å². The van der Waals surface area contributed by atoms with Crippen molar-refractivity contribution >= 4 is 27.6 Å². The highest BCUT2D eigenvalue weighted by Gasteiger charge is 2.46. The standard InChI is InChI=1S/C20H22F5N7O2S/c1-11-6-12(21)8-28-14(11)7-16(33)29-15-5-4-13(22)17(30-15)19(2)10-35(34,27-3)32(18(26)31-19)9-20(23,24)25/h4-6,8H,7,9-10H2,1-3H3,(H2,26,31)(H,29,30,33)/t19-,35?/m0/s1. The molecule has 2 aromatic heterocycles. The Labute approximate surface area is 198 Å². The van der Waals surface area contributed by atoms with Gasteiger partial charge in [0, 0.05) is 7.05 Å². The van der Waals surface area contributed by atoms with Crippen LogP contribution in [0.15, 0.2) is 33.8 Å².